The van der Waals surface area contributed by atoms with Crippen LogP contribution in [0.15, 0.2) is 35.5 Å². The van der Waals surface area contributed by atoms with Crippen molar-refractivity contribution in [3.63, 3.8) is 0 Å². The Morgan fingerprint density at radius 3 is 2.95 bits per heavy atom. The predicted octanol–water partition coefficient (Wildman–Crippen LogP) is 2.21. The molecule has 0 aliphatic carbocycles. The Kier molecular flexibility index (Phi) is 5.81. The maximum absolute atomic E-state index is 11.7. The van der Waals surface area contributed by atoms with Gasteiger partial charge in [0.25, 0.3) is 0 Å². The maximum Gasteiger partial charge on any atom is 0.234 e. The number of nitrogens with one attached hydrogen (secondary N) is 2. The van der Waals surface area contributed by atoms with Gasteiger partial charge in [0, 0.05) is 0 Å². The van der Waals surface area contributed by atoms with E-state index in [1.54, 1.807) is 6.92 Å². The average molecular weight is 312 g/mol. The molecule has 1 amide bonds. The number of aromatic nitrogens is 3. The number of hydrogen-bond donors (Lipinski definition) is 2. The zero-order valence-corrected chi connectivity index (χ0v) is 12.9. The van der Waals surface area contributed by atoms with E-state index in [4.69, 9.17) is 6.42 Å². The van der Waals surface area contributed by atoms with Gasteiger partial charge in [0.15, 0.2) is 0 Å². The fraction of sp³-hybridized carbons (Fsp3) is 0.188. The summed E-state index contributed by atoms with van der Waals surface area (Å²) in [6.07, 6.45) is 8.89. The largest absolute Gasteiger partial charge is 0.344 e. The molecule has 0 radical (unpaired) electrons. The molecule has 2 aromatic rings. The molecule has 2 rings (SSSR count). The second-order valence-electron chi connectivity index (χ2n) is 4.43. The Bertz CT molecular complexity index is 688. The van der Waals surface area contributed by atoms with Crippen LogP contribution in [-0.2, 0) is 4.79 Å². The minimum atomic E-state index is -0.310. The molecular weight excluding hydrogens is 296 g/mol. The van der Waals surface area contributed by atoms with Crippen LogP contribution < -0.4 is 5.32 Å². The van der Waals surface area contributed by atoms with E-state index in [1.807, 2.05) is 42.5 Å². The van der Waals surface area contributed by atoms with Crippen LogP contribution in [0, 0.1) is 12.3 Å². The average Bonchev–Trinajstić information content (AvgIpc) is 2.99. The molecule has 0 aliphatic heterocycles. The fourth-order valence-corrected chi connectivity index (χ4v) is 2.37. The third kappa shape index (κ3) is 4.79. The first-order valence-electron chi connectivity index (χ1n) is 6.72. The number of aromatic amines is 1. The lowest BCUT2D eigenvalue weighted by molar-refractivity contribution is -0.120. The molecule has 0 saturated heterocycles. The van der Waals surface area contributed by atoms with Gasteiger partial charge in [-0.3, -0.25) is 9.89 Å². The molecule has 6 heteroatoms. The number of amides is 1. The second-order valence-corrected chi connectivity index (χ2v) is 5.74. The van der Waals surface area contributed by atoms with E-state index < -0.39 is 0 Å². The van der Waals surface area contributed by atoms with Crippen LogP contribution in [0.3, 0.4) is 0 Å². The lowest BCUT2D eigenvalue weighted by Crippen LogP contribution is -2.31. The summed E-state index contributed by atoms with van der Waals surface area (Å²) in [5.41, 5.74) is 1.08. The Morgan fingerprint density at radius 1 is 1.45 bits per heavy atom. The molecule has 0 fully saturated rings. The monoisotopic (exact) mass is 312 g/mol. The normalized spacial score (nSPS) is 12.0. The molecule has 112 valence electrons. The van der Waals surface area contributed by atoms with Crippen LogP contribution in [0.2, 0.25) is 0 Å². The molecule has 22 heavy (non-hydrogen) atoms. The zero-order valence-electron chi connectivity index (χ0n) is 12.1. The van der Waals surface area contributed by atoms with Gasteiger partial charge in [0.1, 0.15) is 5.82 Å². The van der Waals surface area contributed by atoms with Crippen LogP contribution in [0.5, 0.6) is 0 Å². The van der Waals surface area contributed by atoms with E-state index in [2.05, 4.69) is 26.4 Å². The molecule has 1 aromatic heterocycles. The summed E-state index contributed by atoms with van der Waals surface area (Å²) >= 11 is 1.28. The summed E-state index contributed by atoms with van der Waals surface area (Å²) in [5.74, 6) is 2.88. The minimum absolute atomic E-state index is 0.130. The minimum Gasteiger partial charge on any atom is -0.344 e. The van der Waals surface area contributed by atoms with Crippen LogP contribution in [0.1, 0.15) is 18.3 Å². The number of terminal acetylenes is 1. The highest BCUT2D eigenvalue weighted by Crippen LogP contribution is 2.19. The molecule has 0 saturated carbocycles. The summed E-state index contributed by atoms with van der Waals surface area (Å²) in [6, 6.07) is 9.91. The van der Waals surface area contributed by atoms with Gasteiger partial charge in [-0.25, -0.2) is 4.98 Å². The van der Waals surface area contributed by atoms with Gasteiger partial charge in [-0.1, -0.05) is 54.1 Å². The smallest absolute Gasteiger partial charge is 0.234 e. The molecule has 1 atom stereocenters. The van der Waals surface area contributed by atoms with Crippen molar-refractivity contribution >= 4 is 29.8 Å². The van der Waals surface area contributed by atoms with Crippen molar-refractivity contribution in [3.8, 4) is 12.3 Å². The van der Waals surface area contributed by atoms with Crippen molar-refractivity contribution in [3.05, 3.63) is 41.7 Å². The lowest BCUT2D eigenvalue weighted by atomic mass is 10.2. The van der Waals surface area contributed by atoms with Crippen LogP contribution in [0.4, 0.5) is 0 Å². The molecule has 2 N–H and O–H groups in total. The number of H-pyrrole nitrogens is 1. The topological polar surface area (TPSA) is 70.7 Å². The van der Waals surface area contributed by atoms with E-state index in [-0.39, 0.29) is 17.7 Å². The van der Waals surface area contributed by atoms with Crippen molar-refractivity contribution in [2.75, 3.05) is 6.54 Å². The summed E-state index contributed by atoms with van der Waals surface area (Å²) < 4.78 is 0. The van der Waals surface area contributed by atoms with Gasteiger partial charge in [-0.15, -0.1) is 11.5 Å². The van der Waals surface area contributed by atoms with Crippen LogP contribution >= 0.6 is 11.8 Å². The third-order valence-corrected chi connectivity index (χ3v) is 3.69. The second kappa shape index (κ2) is 8.05. The van der Waals surface area contributed by atoms with E-state index in [0.29, 0.717) is 11.0 Å². The van der Waals surface area contributed by atoms with Gasteiger partial charge in [-0.2, -0.15) is 0 Å². The van der Waals surface area contributed by atoms with E-state index in [9.17, 15) is 4.79 Å². The van der Waals surface area contributed by atoms with Gasteiger partial charge in [0.05, 0.1) is 11.8 Å². The summed E-state index contributed by atoms with van der Waals surface area (Å²) in [4.78, 5) is 16.0. The van der Waals surface area contributed by atoms with Gasteiger partial charge in [-0.05, 0) is 18.6 Å². The van der Waals surface area contributed by atoms with Gasteiger partial charge < -0.3 is 5.32 Å². The summed E-state index contributed by atoms with van der Waals surface area (Å²) in [7, 11) is 0. The van der Waals surface area contributed by atoms with Crippen molar-refractivity contribution in [1.82, 2.24) is 20.5 Å². The van der Waals surface area contributed by atoms with Crippen LogP contribution in [-0.4, -0.2) is 32.9 Å². The van der Waals surface area contributed by atoms with Gasteiger partial charge >= 0.3 is 0 Å². The first-order valence-corrected chi connectivity index (χ1v) is 7.60. The lowest BCUT2D eigenvalue weighted by Gasteiger charge is -2.07. The van der Waals surface area contributed by atoms with Gasteiger partial charge in [0.2, 0.25) is 11.1 Å². The maximum atomic E-state index is 11.7. The Morgan fingerprint density at radius 2 is 2.23 bits per heavy atom. The fourth-order valence-electron chi connectivity index (χ4n) is 1.62. The molecule has 1 aromatic carbocycles. The van der Waals surface area contributed by atoms with E-state index in [1.165, 1.54) is 11.8 Å². The first kappa shape index (κ1) is 15.9. The number of nitrogens with zero attached hydrogens (tertiary/aromatic N) is 2. The highest BCUT2D eigenvalue weighted by Gasteiger charge is 2.15. The third-order valence-electron chi connectivity index (χ3n) is 2.73. The van der Waals surface area contributed by atoms with E-state index in [0.717, 1.165) is 5.56 Å². The van der Waals surface area contributed by atoms with Crippen molar-refractivity contribution < 1.29 is 4.79 Å². The van der Waals surface area contributed by atoms with Crippen molar-refractivity contribution in [1.29, 1.82) is 0 Å². The molecule has 0 bridgehead atoms. The van der Waals surface area contributed by atoms with E-state index >= 15 is 0 Å². The number of carbonyl (C=O) groups is 1. The molecular formula is C16H16N4OS. The quantitative estimate of drug-likeness (QED) is 0.634. The highest BCUT2D eigenvalue weighted by atomic mass is 32.2. The standard InChI is InChI=1S/C16H16N4OS/c1-3-11-17-15(21)12(2)22-16-18-14(19-20-16)10-9-13-7-5-4-6-8-13/h1,4-10,12H,11H2,2H3,(H,17,21)(H,18,19,20)/b10-9+. The number of benzene rings is 1. The molecule has 5 nitrogen and oxygen atoms in total. The molecule has 0 aliphatic rings. The number of carbonyl (C=O) groups excluding carboxylic acids is 1. The van der Waals surface area contributed by atoms with Crippen LogP contribution in [0.25, 0.3) is 12.2 Å². The number of thioether (sulfide) groups is 1. The first-order chi connectivity index (χ1) is 10.7. The number of rotatable bonds is 6. The SMILES string of the molecule is C#CCNC(=O)C(C)Sc1n[nH]c(/C=C/c2ccccc2)n1. The Labute approximate surface area is 133 Å². The zero-order chi connectivity index (χ0) is 15.8. The molecule has 1 unspecified atom stereocenters. The number of hydrogen-bond acceptors (Lipinski definition) is 4. The molecule has 0 spiro atoms. The highest BCUT2D eigenvalue weighted by molar-refractivity contribution is 8.00. The Balaban J connectivity index is 1.93. The summed E-state index contributed by atoms with van der Waals surface area (Å²) in [5, 5.41) is 9.76. The van der Waals surface area contributed by atoms with Crippen molar-refractivity contribution in [2.45, 2.75) is 17.3 Å². The predicted molar refractivity (Wildman–Crippen MR) is 88.9 cm³/mol. The Hall–Kier alpha value is -2.52. The molecule has 1 heterocycles. The van der Waals surface area contributed by atoms with Crippen molar-refractivity contribution in [2.24, 2.45) is 0 Å². The summed E-state index contributed by atoms with van der Waals surface area (Å²) in [6.45, 7) is 2.01.